The Labute approximate surface area is 129 Å². The third-order valence-electron chi connectivity index (χ3n) is 3.99. The van der Waals surface area contributed by atoms with E-state index in [9.17, 15) is 14.3 Å². The number of aliphatic hydroxyl groups excluding tert-OH is 2. The predicted molar refractivity (Wildman–Crippen MR) is 81.1 cm³/mol. The van der Waals surface area contributed by atoms with Crippen molar-refractivity contribution in [2.24, 2.45) is 0 Å². The maximum Gasteiger partial charge on any atom is 0.318 e. The van der Waals surface area contributed by atoms with E-state index in [-0.39, 0.29) is 38.3 Å². The molecule has 3 atom stereocenters. The Hall–Kier alpha value is -1.66. The highest BCUT2D eigenvalue weighted by atomic mass is 19.1. The van der Waals surface area contributed by atoms with Gasteiger partial charge in [0.1, 0.15) is 6.17 Å². The van der Waals surface area contributed by atoms with E-state index in [1.165, 1.54) is 4.90 Å². The van der Waals surface area contributed by atoms with E-state index in [0.29, 0.717) is 12.8 Å². The summed E-state index contributed by atoms with van der Waals surface area (Å²) in [6.07, 6.45) is 0.254. The topological polar surface area (TPSA) is 72.8 Å². The minimum Gasteiger partial charge on any atom is -0.396 e. The fraction of sp³-hybridized carbons (Fsp3) is 0.562. The van der Waals surface area contributed by atoms with Crippen molar-refractivity contribution in [3.8, 4) is 0 Å². The minimum atomic E-state index is -1.09. The van der Waals surface area contributed by atoms with Crippen LogP contribution in [0.15, 0.2) is 30.3 Å². The molecule has 5 nitrogen and oxygen atoms in total. The summed E-state index contributed by atoms with van der Waals surface area (Å²) < 4.78 is 13.5. The minimum absolute atomic E-state index is 0.0125. The monoisotopic (exact) mass is 310 g/mol. The Morgan fingerprint density at radius 3 is 2.73 bits per heavy atom. The van der Waals surface area contributed by atoms with E-state index < -0.39 is 12.2 Å². The van der Waals surface area contributed by atoms with Gasteiger partial charge in [0.25, 0.3) is 0 Å². The summed E-state index contributed by atoms with van der Waals surface area (Å²) in [7, 11) is 0. The summed E-state index contributed by atoms with van der Waals surface area (Å²) >= 11 is 0. The zero-order valence-electron chi connectivity index (χ0n) is 12.5. The Morgan fingerprint density at radius 2 is 2.09 bits per heavy atom. The molecule has 0 radical (unpaired) electrons. The second kappa shape index (κ2) is 8.10. The molecule has 1 saturated heterocycles. The normalized spacial score (nSPS) is 22.6. The summed E-state index contributed by atoms with van der Waals surface area (Å²) in [6.45, 7) is -0.173. The van der Waals surface area contributed by atoms with Gasteiger partial charge >= 0.3 is 6.03 Å². The highest BCUT2D eigenvalue weighted by molar-refractivity contribution is 5.75. The smallest absolute Gasteiger partial charge is 0.318 e. The number of amides is 2. The first-order valence-electron chi connectivity index (χ1n) is 7.63. The summed E-state index contributed by atoms with van der Waals surface area (Å²) in [5.41, 5.74) is 0.945. The molecule has 0 aromatic heterocycles. The van der Waals surface area contributed by atoms with Crippen molar-refractivity contribution in [2.45, 2.75) is 37.5 Å². The van der Waals surface area contributed by atoms with Gasteiger partial charge in [-0.05, 0) is 18.4 Å². The lowest BCUT2D eigenvalue weighted by molar-refractivity contribution is 0.153. The molecule has 6 heteroatoms. The number of carbonyl (C=O) groups excluding carboxylic acids is 1. The van der Waals surface area contributed by atoms with Crippen molar-refractivity contribution in [3.05, 3.63) is 35.9 Å². The molecule has 1 aromatic rings. The zero-order valence-corrected chi connectivity index (χ0v) is 12.5. The third kappa shape index (κ3) is 4.18. The van der Waals surface area contributed by atoms with Crippen LogP contribution in [0.5, 0.6) is 0 Å². The number of benzene rings is 1. The van der Waals surface area contributed by atoms with Crippen molar-refractivity contribution in [1.82, 2.24) is 10.2 Å². The lowest BCUT2D eigenvalue weighted by atomic mass is 10.0. The molecule has 3 N–H and O–H groups in total. The quantitative estimate of drug-likeness (QED) is 0.747. The summed E-state index contributed by atoms with van der Waals surface area (Å²) in [6, 6.07) is 8.41. The molecule has 22 heavy (non-hydrogen) atoms. The molecule has 3 unspecified atom stereocenters. The van der Waals surface area contributed by atoms with Crippen molar-refractivity contribution in [3.63, 3.8) is 0 Å². The molecule has 1 heterocycles. The van der Waals surface area contributed by atoms with Gasteiger partial charge in [-0.15, -0.1) is 0 Å². The van der Waals surface area contributed by atoms with Crippen LogP contribution in [0.2, 0.25) is 0 Å². The van der Waals surface area contributed by atoms with E-state index in [0.717, 1.165) is 5.56 Å². The van der Waals surface area contributed by atoms with Crippen LogP contribution < -0.4 is 5.32 Å². The van der Waals surface area contributed by atoms with E-state index >= 15 is 0 Å². The van der Waals surface area contributed by atoms with Crippen molar-refractivity contribution >= 4 is 6.03 Å². The molecule has 1 aliphatic rings. The van der Waals surface area contributed by atoms with Crippen LogP contribution in [0.4, 0.5) is 9.18 Å². The van der Waals surface area contributed by atoms with Crippen LogP contribution in [0.1, 0.15) is 30.9 Å². The third-order valence-corrected chi connectivity index (χ3v) is 3.99. The van der Waals surface area contributed by atoms with Gasteiger partial charge in [-0.2, -0.15) is 0 Å². The molecule has 2 rings (SSSR count). The molecule has 1 fully saturated rings. The van der Waals surface area contributed by atoms with Gasteiger partial charge in [-0.1, -0.05) is 30.3 Å². The zero-order chi connectivity index (χ0) is 15.9. The summed E-state index contributed by atoms with van der Waals surface area (Å²) in [5.74, 6) is 0. The second-order valence-electron chi connectivity index (χ2n) is 5.60. The molecule has 0 aliphatic carbocycles. The standard InChI is InChI=1S/C16H23FN2O3/c17-13-9-14(11-21)19(10-13)16(22)18-15(7-4-8-20)12-5-2-1-3-6-12/h1-3,5-6,13-15,20-21H,4,7-11H2,(H,18,22). The number of rotatable bonds is 6. The van der Waals surface area contributed by atoms with Crippen LogP contribution in [0.3, 0.4) is 0 Å². The first-order chi connectivity index (χ1) is 10.7. The van der Waals surface area contributed by atoms with Crippen LogP contribution in [-0.2, 0) is 0 Å². The molecule has 1 aliphatic heterocycles. The number of likely N-dealkylation sites (tertiary alicyclic amines) is 1. The average Bonchev–Trinajstić information content (AvgIpc) is 2.93. The molecule has 0 saturated carbocycles. The molecule has 122 valence electrons. The van der Waals surface area contributed by atoms with Crippen molar-refractivity contribution in [2.75, 3.05) is 19.8 Å². The highest BCUT2D eigenvalue weighted by Gasteiger charge is 2.35. The number of urea groups is 1. The Kier molecular flexibility index (Phi) is 6.15. The molecule has 2 amide bonds. The maximum atomic E-state index is 13.5. The largest absolute Gasteiger partial charge is 0.396 e. The van der Waals surface area contributed by atoms with Crippen LogP contribution in [0, 0.1) is 0 Å². The van der Waals surface area contributed by atoms with Gasteiger partial charge in [0.2, 0.25) is 0 Å². The SMILES string of the molecule is O=C(NC(CCCO)c1ccccc1)N1CC(F)CC1CO. The van der Waals surface area contributed by atoms with E-state index in [1.54, 1.807) is 0 Å². The first kappa shape index (κ1) is 16.7. The van der Waals surface area contributed by atoms with Crippen LogP contribution >= 0.6 is 0 Å². The van der Waals surface area contributed by atoms with Crippen LogP contribution in [0.25, 0.3) is 0 Å². The van der Waals surface area contributed by atoms with Gasteiger partial charge in [0.05, 0.1) is 25.2 Å². The second-order valence-corrected chi connectivity index (χ2v) is 5.60. The van der Waals surface area contributed by atoms with Gasteiger partial charge in [0, 0.05) is 13.0 Å². The first-order valence-corrected chi connectivity index (χ1v) is 7.63. The van der Waals surface area contributed by atoms with Gasteiger partial charge < -0.3 is 20.4 Å². The number of nitrogens with one attached hydrogen (secondary N) is 1. The highest BCUT2D eigenvalue weighted by Crippen LogP contribution is 2.23. The fourth-order valence-electron chi connectivity index (χ4n) is 2.82. The maximum absolute atomic E-state index is 13.5. The molecular formula is C16H23FN2O3. The number of hydrogen-bond acceptors (Lipinski definition) is 3. The molecular weight excluding hydrogens is 287 g/mol. The van der Waals surface area contributed by atoms with Gasteiger partial charge in [-0.3, -0.25) is 0 Å². The number of alkyl halides is 1. The van der Waals surface area contributed by atoms with E-state index in [4.69, 9.17) is 5.11 Å². The number of carbonyl (C=O) groups is 1. The number of aliphatic hydroxyl groups is 2. The summed E-state index contributed by atoms with van der Waals surface area (Å²) in [4.78, 5) is 13.7. The van der Waals surface area contributed by atoms with Gasteiger partial charge in [-0.25, -0.2) is 9.18 Å². The van der Waals surface area contributed by atoms with Gasteiger partial charge in [0.15, 0.2) is 0 Å². The molecule has 0 spiro atoms. The molecule has 0 bridgehead atoms. The lowest BCUT2D eigenvalue weighted by Gasteiger charge is -2.27. The average molecular weight is 310 g/mol. The van der Waals surface area contributed by atoms with Crippen LogP contribution in [-0.4, -0.2) is 53.1 Å². The number of nitrogens with zero attached hydrogens (tertiary/aromatic N) is 1. The van der Waals surface area contributed by atoms with Crippen molar-refractivity contribution < 1.29 is 19.4 Å². The lowest BCUT2D eigenvalue weighted by Crippen LogP contribution is -2.45. The fourth-order valence-corrected chi connectivity index (χ4v) is 2.82. The Balaban J connectivity index is 2.04. The van der Waals surface area contributed by atoms with E-state index in [2.05, 4.69) is 5.32 Å². The Morgan fingerprint density at radius 1 is 1.36 bits per heavy atom. The Bertz CT molecular complexity index is 472. The molecule has 1 aromatic carbocycles. The number of halogens is 1. The van der Waals surface area contributed by atoms with E-state index in [1.807, 2.05) is 30.3 Å². The predicted octanol–water partition coefficient (Wildman–Crippen LogP) is 1.61. The van der Waals surface area contributed by atoms with Crippen molar-refractivity contribution in [1.29, 1.82) is 0 Å². The summed E-state index contributed by atoms with van der Waals surface area (Å²) in [5, 5.41) is 21.2. The number of hydrogen-bond donors (Lipinski definition) is 3.